The fourth-order valence-electron chi connectivity index (χ4n) is 3.66. The van der Waals surface area contributed by atoms with E-state index in [4.69, 9.17) is 0 Å². The third-order valence-electron chi connectivity index (χ3n) is 4.77. The molecule has 0 saturated heterocycles. The third-order valence-corrected chi connectivity index (χ3v) is 4.77. The summed E-state index contributed by atoms with van der Waals surface area (Å²) in [5.41, 5.74) is 0.861. The summed E-state index contributed by atoms with van der Waals surface area (Å²) < 4.78 is 29.3. The van der Waals surface area contributed by atoms with Crippen molar-refractivity contribution in [3.63, 3.8) is 0 Å². The number of likely N-dealkylation sites (N-methyl/N-ethyl adjacent to an activating group) is 1. The molecule has 31 heavy (non-hydrogen) atoms. The zero-order valence-corrected chi connectivity index (χ0v) is 17.6. The number of amides is 1. The van der Waals surface area contributed by atoms with Crippen LogP contribution in [0.15, 0.2) is 49.1 Å². The highest BCUT2D eigenvalue weighted by atomic mass is 19.1. The molecule has 3 rings (SSSR count). The summed E-state index contributed by atoms with van der Waals surface area (Å²) in [5.74, 6) is -1.91. The molecule has 0 saturated carbocycles. The van der Waals surface area contributed by atoms with Gasteiger partial charge in [0.1, 0.15) is 29.9 Å². The number of anilines is 1. The highest BCUT2D eigenvalue weighted by Gasteiger charge is 2.35. The van der Waals surface area contributed by atoms with Gasteiger partial charge in [0.15, 0.2) is 0 Å². The Balaban J connectivity index is 1.76. The van der Waals surface area contributed by atoms with E-state index in [2.05, 4.69) is 15.4 Å². The number of carbonyl (C=O) groups is 1. The van der Waals surface area contributed by atoms with E-state index in [9.17, 15) is 18.7 Å². The van der Waals surface area contributed by atoms with E-state index in [0.29, 0.717) is 11.8 Å². The lowest BCUT2D eigenvalue weighted by Gasteiger charge is -2.33. The van der Waals surface area contributed by atoms with E-state index >= 15 is 0 Å². The van der Waals surface area contributed by atoms with Gasteiger partial charge in [0.05, 0.1) is 13.1 Å². The maximum Gasteiger partial charge on any atom is 0.238 e. The lowest BCUT2D eigenvalue weighted by Crippen LogP contribution is -2.45. The van der Waals surface area contributed by atoms with E-state index in [1.807, 2.05) is 32.0 Å². The summed E-state index contributed by atoms with van der Waals surface area (Å²) in [6.45, 7) is 3.61. The van der Waals surface area contributed by atoms with Crippen LogP contribution < -0.4 is 5.32 Å². The molecule has 0 aliphatic heterocycles. The number of aliphatic hydroxyl groups is 1. The number of nitrogens with one attached hydrogen (secondary N) is 1. The molecule has 1 unspecified atom stereocenters. The molecule has 1 atom stereocenters. The third kappa shape index (κ3) is 5.93. The second kappa shape index (κ2) is 9.32. The Kier molecular flexibility index (Phi) is 6.77. The number of hydrogen-bond acceptors (Lipinski definition) is 5. The van der Waals surface area contributed by atoms with Crippen molar-refractivity contribution in [2.45, 2.75) is 26.0 Å². The standard InChI is InChI=1S/C22H25F2N5O2/c1-15-6-16(2)8-18(7-15)27-21(30)10-28(3)11-22(31,12-29-14-25-13-26-29)19-5-4-17(23)9-20(19)24/h4-9,13-14,31H,10-12H2,1-3H3,(H,27,30). The molecule has 0 aliphatic rings. The first-order chi connectivity index (χ1) is 14.6. The van der Waals surface area contributed by atoms with Crippen molar-refractivity contribution in [3.8, 4) is 0 Å². The molecule has 0 radical (unpaired) electrons. The minimum atomic E-state index is -1.78. The summed E-state index contributed by atoms with van der Waals surface area (Å²) in [5, 5.41) is 18.1. The number of aryl methyl sites for hydroxylation is 2. The van der Waals surface area contributed by atoms with Crippen molar-refractivity contribution < 1.29 is 18.7 Å². The monoisotopic (exact) mass is 429 g/mol. The van der Waals surface area contributed by atoms with Gasteiger partial charge in [-0.2, -0.15) is 5.10 Å². The van der Waals surface area contributed by atoms with Crippen molar-refractivity contribution in [1.82, 2.24) is 19.7 Å². The van der Waals surface area contributed by atoms with Crippen LogP contribution in [-0.2, 0) is 16.9 Å². The first-order valence-electron chi connectivity index (χ1n) is 9.72. The molecule has 0 fully saturated rings. The van der Waals surface area contributed by atoms with Gasteiger partial charge >= 0.3 is 0 Å². The van der Waals surface area contributed by atoms with Gasteiger partial charge in [-0.15, -0.1) is 0 Å². The molecule has 7 nitrogen and oxygen atoms in total. The minimum absolute atomic E-state index is 0.0462. The second-order valence-corrected chi connectivity index (χ2v) is 7.85. The average Bonchev–Trinajstić information content (AvgIpc) is 3.12. The quantitative estimate of drug-likeness (QED) is 0.575. The molecule has 0 spiro atoms. The van der Waals surface area contributed by atoms with E-state index in [1.165, 1.54) is 23.4 Å². The van der Waals surface area contributed by atoms with Gasteiger partial charge in [0.25, 0.3) is 0 Å². The van der Waals surface area contributed by atoms with Crippen molar-refractivity contribution in [2.75, 3.05) is 25.5 Å². The molecule has 1 aromatic heterocycles. The first-order valence-corrected chi connectivity index (χ1v) is 9.72. The van der Waals surface area contributed by atoms with E-state index in [-0.39, 0.29) is 31.1 Å². The smallest absolute Gasteiger partial charge is 0.238 e. The topological polar surface area (TPSA) is 83.3 Å². The summed E-state index contributed by atoms with van der Waals surface area (Å²) in [6, 6.07) is 8.72. The van der Waals surface area contributed by atoms with E-state index < -0.39 is 17.2 Å². The lowest BCUT2D eigenvalue weighted by molar-refractivity contribution is -0.118. The number of halogens is 2. The molecule has 3 aromatic rings. The molecule has 1 heterocycles. The van der Waals surface area contributed by atoms with Crippen LogP contribution in [0.2, 0.25) is 0 Å². The van der Waals surface area contributed by atoms with Gasteiger partial charge in [0, 0.05) is 23.9 Å². The Morgan fingerprint density at radius 2 is 1.90 bits per heavy atom. The largest absolute Gasteiger partial charge is 0.382 e. The van der Waals surface area contributed by atoms with Gasteiger partial charge in [0.2, 0.25) is 5.91 Å². The molecule has 0 aliphatic carbocycles. The molecule has 2 N–H and O–H groups in total. The number of nitrogens with zero attached hydrogens (tertiary/aromatic N) is 4. The Morgan fingerprint density at radius 3 is 2.52 bits per heavy atom. The number of carbonyl (C=O) groups excluding carboxylic acids is 1. The van der Waals surface area contributed by atoms with Crippen LogP contribution in [0.25, 0.3) is 0 Å². The van der Waals surface area contributed by atoms with Crippen LogP contribution in [0.5, 0.6) is 0 Å². The highest BCUT2D eigenvalue weighted by Crippen LogP contribution is 2.27. The average molecular weight is 429 g/mol. The molecule has 1 amide bonds. The van der Waals surface area contributed by atoms with E-state index in [1.54, 1.807) is 11.9 Å². The fourth-order valence-corrected chi connectivity index (χ4v) is 3.66. The zero-order valence-electron chi connectivity index (χ0n) is 17.6. The maximum absolute atomic E-state index is 14.5. The Labute approximate surface area is 179 Å². The van der Waals surface area contributed by atoms with Crippen molar-refractivity contribution >= 4 is 11.6 Å². The van der Waals surface area contributed by atoms with Crippen LogP contribution in [0.3, 0.4) is 0 Å². The number of benzene rings is 2. The predicted octanol–water partition coefficient (Wildman–Crippen LogP) is 2.63. The zero-order chi connectivity index (χ0) is 22.6. The molecular weight excluding hydrogens is 404 g/mol. The van der Waals surface area contributed by atoms with Gasteiger partial charge in [-0.25, -0.2) is 18.4 Å². The number of hydrogen-bond donors (Lipinski definition) is 2. The number of rotatable bonds is 8. The van der Waals surface area contributed by atoms with Gasteiger partial charge in [-0.05, 0) is 50.2 Å². The Bertz CT molecular complexity index is 1040. The van der Waals surface area contributed by atoms with Crippen LogP contribution in [0, 0.1) is 25.5 Å². The summed E-state index contributed by atoms with van der Waals surface area (Å²) in [7, 11) is 1.63. The summed E-state index contributed by atoms with van der Waals surface area (Å²) in [4.78, 5) is 17.9. The van der Waals surface area contributed by atoms with Crippen molar-refractivity contribution in [3.05, 3.63) is 77.4 Å². The highest BCUT2D eigenvalue weighted by molar-refractivity contribution is 5.92. The Morgan fingerprint density at radius 1 is 1.19 bits per heavy atom. The van der Waals surface area contributed by atoms with Gasteiger partial charge in [-0.3, -0.25) is 9.69 Å². The minimum Gasteiger partial charge on any atom is -0.382 e. The summed E-state index contributed by atoms with van der Waals surface area (Å²) in [6.07, 6.45) is 2.68. The molecule has 0 bridgehead atoms. The second-order valence-electron chi connectivity index (χ2n) is 7.85. The normalized spacial score (nSPS) is 13.3. The number of aromatic nitrogens is 3. The SMILES string of the molecule is Cc1cc(C)cc(NC(=O)CN(C)CC(O)(Cn2cncn2)c2ccc(F)cc2F)c1. The lowest BCUT2D eigenvalue weighted by atomic mass is 9.92. The van der Waals surface area contributed by atoms with E-state index in [0.717, 1.165) is 17.2 Å². The molecule has 2 aromatic carbocycles. The maximum atomic E-state index is 14.5. The first kappa shape index (κ1) is 22.5. The van der Waals surface area contributed by atoms with Crippen molar-refractivity contribution in [1.29, 1.82) is 0 Å². The van der Waals surface area contributed by atoms with Crippen LogP contribution in [0.4, 0.5) is 14.5 Å². The van der Waals surface area contributed by atoms with Gasteiger partial charge in [-0.1, -0.05) is 12.1 Å². The molecule has 9 heteroatoms. The molecular formula is C22H25F2N5O2. The van der Waals surface area contributed by atoms with Crippen LogP contribution >= 0.6 is 0 Å². The predicted molar refractivity (Wildman–Crippen MR) is 112 cm³/mol. The van der Waals surface area contributed by atoms with Gasteiger partial charge < -0.3 is 10.4 Å². The Hall–Kier alpha value is -3.17. The van der Waals surface area contributed by atoms with Crippen LogP contribution in [-0.4, -0.2) is 50.8 Å². The van der Waals surface area contributed by atoms with Crippen molar-refractivity contribution in [2.24, 2.45) is 0 Å². The van der Waals surface area contributed by atoms with Crippen LogP contribution in [0.1, 0.15) is 16.7 Å². The fraction of sp³-hybridized carbons (Fsp3) is 0.318. The molecule has 164 valence electrons. The summed E-state index contributed by atoms with van der Waals surface area (Å²) >= 11 is 0.